The number of amides is 1. The number of likely N-dealkylation sites (tertiary alicyclic amines) is 1. The number of hydrogen-bond donors (Lipinski definition) is 2. The summed E-state index contributed by atoms with van der Waals surface area (Å²) in [7, 11) is 0. The van der Waals surface area contributed by atoms with Crippen molar-refractivity contribution < 1.29 is 27.9 Å². The van der Waals surface area contributed by atoms with E-state index in [4.69, 9.17) is 5.11 Å². The van der Waals surface area contributed by atoms with E-state index in [9.17, 15) is 22.8 Å². The van der Waals surface area contributed by atoms with Crippen LogP contribution in [0, 0.1) is 11.8 Å². The van der Waals surface area contributed by atoms with Crippen LogP contribution in [0.1, 0.15) is 19.8 Å². The predicted octanol–water partition coefficient (Wildman–Crippen LogP) is 1.10. The minimum Gasteiger partial charge on any atom is -0.481 e. The quantitative estimate of drug-likeness (QED) is 0.720. The molecule has 1 aliphatic heterocycles. The Morgan fingerprint density at radius 1 is 1.35 bits per heavy atom. The third-order valence-electron chi connectivity index (χ3n) is 3.35. The van der Waals surface area contributed by atoms with Gasteiger partial charge in [-0.25, -0.2) is 0 Å². The summed E-state index contributed by atoms with van der Waals surface area (Å²) in [4.78, 5) is 23.6. The standard InChI is InChI=1S/C12H19F3N2O3/c1-2-3-4-16-10(18)7-17-5-8(11(19)20)9(6-17)12(13,14)15/h8-9H,2-7H2,1H3,(H,16,18)(H,19,20)/t8-,9-/m1/s1. The van der Waals surface area contributed by atoms with Gasteiger partial charge in [0, 0.05) is 19.6 Å². The van der Waals surface area contributed by atoms with Crippen molar-refractivity contribution in [2.75, 3.05) is 26.2 Å². The molecule has 2 atom stereocenters. The Labute approximate surface area is 115 Å². The summed E-state index contributed by atoms with van der Waals surface area (Å²) in [6.45, 7) is 1.55. The monoisotopic (exact) mass is 296 g/mol. The van der Waals surface area contributed by atoms with Crippen molar-refractivity contribution in [1.29, 1.82) is 0 Å². The number of halogens is 3. The number of carbonyl (C=O) groups is 2. The van der Waals surface area contributed by atoms with Crippen LogP contribution in [0.15, 0.2) is 0 Å². The number of carboxylic acids is 1. The van der Waals surface area contributed by atoms with Crippen molar-refractivity contribution in [3.05, 3.63) is 0 Å². The second-order valence-electron chi connectivity index (χ2n) is 4.99. The van der Waals surface area contributed by atoms with E-state index in [-0.39, 0.29) is 19.0 Å². The number of nitrogens with zero attached hydrogens (tertiary/aromatic N) is 1. The number of hydrogen-bond acceptors (Lipinski definition) is 3. The minimum atomic E-state index is -4.56. The number of nitrogens with one attached hydrogen (secondary N) is 1. The van der Waals surface area contributed by atoms with E-state index in [1.807, 2.05) is 6.92 Å². The molecule has 1 rings (SSSR count). The molecule has 0 aromatic carbocycles. The maximum Gasteiger partial charge on any atom is 0.393 e. The SMILES string of the molecule is CCCCNC(=O)CN1C[C@@H](C(F)(F)F)[C@H](C(=O)O)C1. The lowest BCUT2D eigenvalue weighted by atomic mass is 9.96. The highest BCUT2D eigenvalue weighted by atomic mass is 19.4. The van der Waals surface area contributed by atoms with Crippen molar-refractivity contribution in [2.24, 2.45) is 11.8 Å². The molecular weight excluding hydrogens is 277 g/mol. The highest BCUT2D eigenvalue weighted by molar-refractivity contribution is 5.78. The second-order valence-corrected chi connectivity index (χ2v) is 4.99. The molecule has 0 aromatic heterocycles. The maximum atomic E-state index is 12.7. The fraction of sp³-hybridized carbons (Fsp3) is 0.833. The summed E-state index contributed by atoms with van der Waals surface area (Å²) in [5.41, 5.74) is 0. The lowest BCUT2D eigenvalue weighted by Gasteiger charge is -2.18. The van der Waals surface area contributed by atoms with Gasteiger partial charge in [-0.3, -0.25) is 14.5 Å². The van der Waals surface area contributed by atoms with Crippen molar-refractivity contribution in [3.8, 4) is 0 Å². The highest BCUT2D eigenvalue weighted by Crippen LogP contribution is 2.37. The predicted molar refractivity (Wildman–Crippen MR) is 65.0 cm³/mol. The fourth-order valence-corrected chi connectivity index (χ4v) is 2.26. The second kappa shape index (κ2) is 6.92. The number of unbranched alkanes of at least 4 members (excludes halogenated alkanes) is 1. The molecule has 1 amide bonds. The Bertz CT molecular complexity index is 360. The molecule has 0 radical (unpaired) electrons. The number of rotatable bonds is 6. The average molecular weight is 296 g/mol. The lowest BCUT2D eigenvalue weighted by molar-refractivity contribution is -0.188. The van der Waals surface area contributed by atoms with Crippen molar-refractivity contribution in [3.63, 3.8) is 0 Å². The Balaban J connectivity index is 2.54. The third-order valence-corrected chi connectivity index (χ3v) is 3.35. The molecule has 0 bridgehead atoms. The highest BCUT2D eigenvalue weighted by Gasteiger charge is 2.52. The zero-order valence-electron chi connectivity index (χ0n) is 11.2. The van der Waals surface area contributed by atoms with Gasteiger partial charge >= 0.3 is 12.1 Å². The molecule has 0 unspecified atom stereocenters. The largest absolute Gasteiger partial charge is 0.481 e. The summed E-state index contributed by atoms with van der Waals surface area (Å²) < 4.78 is 38.2. The minimum absolute atomic E-state index is 0.194. The van der Waals surface area contributed by atoms with Gasteiger partial charge in [-0.1, -0.05) is 13.3 Å². The molecule has 8 heteroatoms. The van der Waals surface area contributed by atoms with Gasteiger partial charge in [-0.15, -0.1) is 0 Å². The number of alkyl halides is 3. The van der Waals surface area contributed by atoms with Gasteiger partial charge in [0.1, 0.15) is 0 Å². The average Bonchev–Trinajstić information content (AvgIpc) is 2.73. The van der Waals surface area contributed by atoms with E-state index in [0.717, 1.165) is 12.8 Å². The van der Waals surface area contributed by atoms with Crippen molar-refractivity contribution >= 4 is 11.9 Å². The molecule has 2 N–H and O–H groups in total. The molecule has 1 heterocycles. The van der Waals surface area contributed by atoms with Crippen LogP contribution in [0.4, 0.5) is 13.2 Å². The molecule has 0 aliphatic carbocycles. The van der Waals surface area contributed by atoms with Gasteiger partial charge in [-0.2, -0.15) is 13.2 Å². The third kappa shape index (κ3) is 4.66. The first-order valence-electron chi connectivity index (χ1n) is 6.54. The fourth-order valence-electron chi connectivity index (χ4n) is 2.26. The molecule has 1 aliphatic rings. The Morgan fingerprint density at radius 2 is 2.00 bits per heavy atom. The van der Waals surface area contributed by atoms with E-state index in [1.165, 1.54) is 4.90 Å². The van der Waals surface area contributed by atoms with Crippen molar-refractivity contribution in [2.45, 2.75) is 25.9 Å². The zero-order chi connectivity index (χ0) is 15.3. The van der Waals surface area contributed by atoms with E-state index in [1.54, 1.807) is 0 Å². The summed E-state index contributed by atoms with van der Waals surface area (Å²) in [5, 5.41) is 11.4. The summed E-state index contributed by atoms with van der Waals surface area (Å²) >= 11 is 0. The van der Waals surface area contributed by atoms with Gasteiger partial charge < -0.3 is 10.4 Å². The van der Waals surface area contributed by atoms with Crippen LogP contribution in [-0.2, 0) is 9.59 Å². The van der Waals surface area contributed by atoms with Crippen LogP contribution in [0.2, 0.25) is 0 Å². The van der Waals surface area contributed by atoms with Gasteiger partial charge in [0.05, 0.1) is 18.4 Å². The first-order chi connectivity index (χ1) is 9.25. The van der Waals surface area contributed by atoms with Crippen LogP contribution in [0.3, 0.4) is 0 Å². The van der Waals surface area contributed by atoms with E-state index in [0.29, 0.717) is 6.54 Å². The molecular formula is C12H19F3N2O3. The Kier molecular flexibility index (Phi) is 5.79. The number of aliphatic carboxylic acids is 1. The first-order valence-corrected chi connectivity index (χ1v) is 6.54. The molecule has 0 saturated carbocycles. The van der Waals surface area contributed by atoms with Gasteiger partial charge in [0.25, 0.3) is 0 Å². The maximum absolute atomic E-state index is 12.7. The summed E-state index contributed by atoms with van der Waals surface area (Å²) in [5.74, 6) is -5.26. The number of carbonyl (C=O) groups excluding carboxylic acids is 1. The molecule has 1 fully saturated rings. The normalized spacial score (nSPS) is 23.8. The molecule has 5 nitrogen and oxygen atoms in total. The van der Waals surface area contributed by atoms with Crippen LogP contribution >= 0.6 is 0 Å². The Morgan fingerprint density at radius 3 is 2.45 bits per heavy atom. The number of carboxylic acid groups (broad SMARTS) is 1. The van der Waals surface area contributed by atoms with Crippen LogP contribution < -0.4 is 5.32 Å². The van der Waals surface area contributed by atoms with Crippen molar-refractivity contribution in [1.82, 2.24) is 10.2 Å². The van der Waals surface area contributed by atoms with Crippen LogP contribution in [0.25, 0.3) is 0 Å². The molecule has 20 heavy (non-hydrogen) atoms. The van der Waals surface area contributed by atoms with E-state index >= 15 is 0 Å². The molecule has 0 aromatic rings. The van der Waals surface area contributed by atoms with Gasteiger partial charge in [-0.05, 0) is 6.42 Å². The molecule has 116 valence electrons. The Hall–Kier alpha value is -1.31. The molecule has 1 saturated heterocycles. The van der Waals surface area contributed by atoms with Crippen LogP contribution in [0.5, 0.6) is 0 Å². The van der Waals surface area contributed by atoms with Gasteiger partial charge in [0.2, 0.25) is 5.91 Å². The van der Waals surface area contributed by atoms with E-state index in [2.05, 4.69) is 5.32 Å². The lowest BCUT2D eigenvalue weighted by Crippen LogP contribution is -2.37. The smallest absolute Gasteiger partial charge is 0.393 e. The first kappa shape index (κ1) is 16.7. The zero-order valence-corrected chi connectivity index (χ0v) is 11.2. The van der Waals surface area contributed by atoms with Gasteiger partial charge in [0.15, 0.2) is 0 Å². The summed E-state index contributed by atoms with van der Waals surface area (Å²) in [6.07, 6.45) is -2.85. The summed E-state index contributed by atoms with van der Waals surface area (Å²) in [6, 6.07) is 0. The molecule has 0 spiro atoms. The topological polar surface area (TPSA) is 69.6 Å². The van der Waals surface area contributed by atoms with E-state index < -0.39 is 30.5 Å². The van der Waals surface area contributed by atoms with Crippen LogP contribution in [-0.4, -0.2) is 54.2 Å².